The minimum Gasteiger partial charge on any atom is -0.395 e. The number of aliphatic hydroxyl groups excluding tert-OH is 1. The van der Waals surface area contributed by atoms with Gasteiger partial charge in [0, 0.05) is 19.6 Å². The minimum atomic E-state index is -0.552. The fraction of sp³-hybridized carbons (Fsp3) is 0.462. The molecule has 1 aromatic rings. The van der Waals surface area contributed by atoms with Crippen molar-refractivity contribution < 1.29 is 14.8 Å². The second-order valence-corrected chi connectivity index (χ2v) is 4.66. The van der Waals surface area contributed by atoms with E-state index in [1.807, 2.05) is 0 Å². The highest BCUT2D eigenvalue weighted by Gasteiger charge is 2.35. The van der Waals surface area contributed by atoms with Gasteiger partial charge in [-0.1, -0.05) is 6.07 Å². The molecule has 1 aromatic carbocycles. The van der Waals surface area contributed by atoms with Crippen LogP contribution in [0.5, 0.6) is 0 Å². The minimum absolute atomic E-state index is 0.0576. The Morgan fingerprint density at radius 2 is 2.25 bits per heavy atom. The molecule has 0 heterocycles. The monoisotopic (exact) mass is 279 g/mol. The summed E-state index contributed by atoms with van der Waals surface area (Å²) >= 11 is 0. The van der Waals surface area contributed by atoms with Crippen molar-refractivity contribution in [3.8, 4) is 0 Å². The van der Waals surface area contributed by atoms with Gasteiger partial charge < -0.3 is 15.3 Å². The Balaban J connectivity index is 2.40. The van der Waals surface area contributed by atoms with Gasteiger partial charge in [-0.05, 0) is 25.0 Å². The molecule has 0 spiro atoms. The molecule has 1 amide bonds. The highest BCUT2D eigenvalue weighted by Crippen LogP contribution is 2.33. The van der Waals surface area contributed by atoms with Crippen molar-refractivity contribution in [1.29, 1.82) is 0 Å². The maximum atomic E-state index is 12.5. The Hall–Kier alpha value is -2.15. The summed E-state index contributed by atoms with van der Waals surface area (Å²) in [6, 6.07) is 4.71. The van der Waals surface area contributed by atoms with Crippen LogP contribution in [-0.4, -0.2) is 47.1 Å². The zero-order valence-corrected chi connectivity index (χ0v) is 11.2. The van der Waals surface area contributed by atoms with Gasteiger partial charge in [0.15, 0.2) is 0 Å². The molecule has 0 aromatic heterocycles. The summed E-state index contributed by atoms with van der Waals surface area (Å²) in [6.07, 6.45) is 1.76. The lowest BCUT2D eigenvalue weighted by Crippen LogP contribution is -2.35. The molecule has 7 heteroatoms. The van der Waals surface area contributed by atoms with Crippen molar-refractivity contribution in [3.63, 3.8) is 0 Å². The molecule has 1 saturated carbocycles. The number of nitro groups is 1. The SMILES string of the molecule is CNc1cccc(C(=O)N(CCO)C2CC2)c1[N+](=O)[O-]. The predicted molar refractivity (Wildman–Crippen MR) is 73.8 cm³/mol. The number of hydrogen-bond acceptors (Lipinski definition) is 5. The number of carbonyl (C=O) groups is 1. The summed E-state index contributed by atoms with van der Waals surface area (Å²) < 4.78 is 0. The molecule has 108 valence electrons. The van der Waals surface area contributed by atoms with Gasteiger partial charge in [0.2, 0.25) is 0 Å². The van der Waals surface area contributed by atoms with E-state index in [1.165, 1.54) is 11.0 Å². The first-order valence-corrected chi connectivity index (χ1v) is 6.47. The largest absolute Gasteiger partial charge is 0.395 e. The summed E-state index contributed by atoms with van der Waals surface area (Å²) in [4.78, 5) is 24.7. The van der Waals surface area contributed by atoms with E-state index in [1.54, 1.807) is 19.2 Å². The number of hydrogen-bond donors (Lipinski definition) is 2. The summed E-state index contributed by atoms with van der Waals surface area (Å²) in [7, 11) is 1.57. The van der Waals surface area contributed by atoms with Crippen LogP contribution in [0.4, 0.5) is 11.4 Å². The maximum Gasteiger partial charge on any atom is 0.305 e. The third-order valence-corrected chi connectivity index (χ3v) is 3.31. The van der Waals surface area contributed by atoms with Crippen LogP contribution in [0, 0.1) is 10.1 Å². The highest BCUT2D eigenvalue weighted by molar-refractivity contribution is 6.00. The lowest BCUT2D eigenvalue weighted by atomic mass is 10.1. The molecule has 1 aliphatic rings. The van der Waals surface area contributed by atoms with E-state index in [9.17, 15) is 14.9 Å². The Labute approximate surface area is 116 Å². The number of amides is 1. The molecule has 2 N–H and O–H groups in total. The molecule has 20 heavy (non-hydrogen) atoms. The Morgan fingerprint density at radius 1 is 1.55 bits per heavy atom. The quantitative estimate of drug-likeness (QED) is 0.603. The molecule has 1 aliphatic carbocycles. The van der Waals surface area contributed by atoms with Crippen LogP contribution in [0.3, 0.4) is 0 Å². The van der Waals surface area contributed by atoms with Crippen molar-refractivity contribution in [3.05, 3.63) is 33.9 Å². The van der Waals surface area contributed by atoms with E-state index >= 15 is 0 Å². The topological polar surface area (TPSA) is 95.7 Å². The predicted octanol–water partition coefficient (Wildman–Crippen LogP) is 1.23. The maximum absolute atomic E-state index is 12.5. The molecule has 0 unspecified atom stereocenters. The van der Waals surface area contributed by atoms with E-state index < -0.39 is 10.8 Å². The molecule has 2 rings (SSSR count). The molecule has 1 fully saturated rings. The van der Waals surface area contributed by atoms with Gasteiger partial charge in [0.1, 0.15) is 11.3 Å². The summed E-state index contributed by atoms with van der Waals surface area (Å²) in [5.41, 5.74) is 0.145. The van der Waals surface area contributed by atoms with Gasteiger partial charge in [-0.15, -0.1) is 0 Å². The molecular formula is C13H17N3O4. The number of carbonyl (C=O) groups excluding carboxylic acids is 1. The zero-order chi connectivity index (χ0) is 14.7. The van der Waals surface area contributed by atoms with Gasteiger partial charge in [0.25, 0.3) is 5.91 Å². The van der Waals surface area contributed by atoms with Gasteiger partial charge in [0.05, 0.1) is 11.5 Å². The van der Waals surface area contributed by atoms with Crippen LogP contribution >= 0.6 is 0 Å². The molecule has 0 saturated heterocycles. The van der Waals surface area contributed by atoms with Gasteiger partial charge in [-0.2, -0.15) is 0 Å². The number of rotatable bonds is 6. The van der Waals surface area contributed by atoms with Crippen LogP contribution in [-0.2, 0) is 0 Å². The lowest BCUT2D eigenvalue weighted by molar-refractivity contribution is -0.384. The summed E-state index contributed by atoms with van der Waals surface area (Å²) in [5, 5.41) is 23.0. The Kier molecular flexibility index (Phi) is 4.19. The fourth-order valence-electron chi connectivity index (χ4n) is 2.21. The normalized spacial score (nSPS) is 13.9. The highest BCUT2D eigenvalue weighted by atomic mass is 16.6. The second-order valence-electron chi connectivity index (χ2n) is 4.66. The molecule has 0 aliphatic heterocycles. The third kappa shape index (κ3) is 2.72. The van der Waals surface area contributed by atoms with Gasteiger partial charge in [-0.25, -0.2) is 0 Å². The van der Waals surface area contributed by atoms with Crippen molar-refractivity contribution in [1.82, 2.24) is 4.90 Å². The first-order chi connectivity index (χ1) is 9.60. The van der Waals surface area contributed by atoms with Crippen molar-refractivity contribution in [2.24, 2.45) is 0 Å². The van der Waals surface area contributed by atoms with Crippen LogP contribution in [0.1, 0.15) is 23.2 Å². The van der Waals surface area contributed by atoms with E-state index in [0.29, 0.717) is 5.69 Å². The van der Waals surface area contributed by atoms with E-state index in [2.05, 4.69) is 5.32 Å². The third-order valence-electron chi connectivity index (χ3n) is 3.31. The number of benzene rings is 1. The lowest BCUT2D eigenvalue weighted by Gasteiger charge is -2.21. The molecule has 0 atom stereocenters. The smallest absolute Gasteiger partial charge is 0.305 e. The zero-order valence-electron chi connectivity index (χ0n) is 11.2. The average molecular weight is 279 g/mol. The average Bonchev–Trinajstić information content (AvgIpc) is 3.27. The van der Waals surface area contributed by atoms with Gasteiger partial charge >= 0.3 is 5.69 Å². The number of aliphatic hydroxyl groups is 1. The molecule has 0 bridgehead atoms. The van der Waals surface area contributed by atoms with Crippen molar-refractivity contribution >= 4 is 17.3 Å². The Morgan fingerprint density at radius 3 is 2.75 bits per heavy atom. The molecule has 0 radical (unpaired) electrons. The summed E-state index contributed by atoms with van der Waals surface area (Å²) in [6.45, 7) is 0.0478. The number of anilines is 1. The number of nitrogens with zero attached hydrogens (tertiary/aromatic N) is 2. The van der Waals surface area contributed by atoms with Crippen LogP contribution < -0.4 is 5.32 Å². The van der Waals surface area contributed by atoms with Gasteiger partial charge in [-0.3, -0.25) is 14.9 Å². The number of nitrogens with one attached hydrogen (secondary N) is 1. The van der Waals surface area contributed by atoms with Crippen molar-refractivity contribution in [2.75, 3.05) is 25.5 Å². The van der Waals surface area contributed by atoms with Crippen molar-refractivity contribution in [2.45, 2.75) is 18.9 Å². The standard InChI is InChI=1S/C13H17N3O4/c1-14-11-4-2-3-10(12(11)16(19)20)13(18)15(7-8-17)9-5-6-9/h2-4,9,14,17H,5-8H2,1H3. The van der Waals surface area contributed by atoms with Crippen LogP contribution in [0.2, 0.25) is 0 Å². The van der Waals surface area contributed by atoms with Crippen LogP contribution in [0.15, 0.2) is 18.2 Å². The van der Waals surface area contributed by atoms with E-state index in [0.717, 1.165) is 12.8 Å². The second kappa shape index (κ2) is 5.87. The first-order valence-electron chi connectivity index (χ1n) is 6.47. The van der Waals surface area contributed by atoms with Crippen LogP contribution in [0.25, 0.3) is 0 Å². The molecular weight excluding hydrogens is 262 g/mol. The Bertz CT molecular complexity index is 528. The van der Waals surface area contributed by atoms with E-state index in [4.69, 9.17) is 5.11 Å². The number of nitro benzene ring substituents is 1. The molecule has 7 nitrogen and oxygen atoms in total. The fourth-order valence-corrected chi connectivity index (χ4v) is 2.21. The van der Waals surface area contributed by atoms with E-state index in [-0.39, 0.29) is 30.4 Å². The first kappa shape index (κ1) is 14.3. The summed E-state index contributed by atoms with van der Waals surface area (Å²) in [5.74, 6) is -0.398. The number of para-hydroxylation sites is 1.